The summed E-state index contributed by atoms with van der Waals surface area (Å²) in [6.07, 6.45) is 14.3. The number of ketones is 2. The summed E-state index contributed by atoms with van der Waals surface area (Å²) in [7, 11) is 1.50. The van der Waals surface area contributed by atoms with Crippen LogP contribution in [0.3, 0.4) is 0 Å². The van der Waals surface area contributed by atoms with Gasteiger partial charge in [0.25, 0.3) is 0 Å². The monoisotopic (exact) mass is 1200 g/mol. The third kappa shape index (κ3) is 14.3. The maximum absolute atomic E-state index is 15.6. The van der Waals surface area contributed by atoms with Gasteiger partial charge < -0.3 is 56.3 Å². The largest absolute Gasteiger partial charge is 0.508 e. The molecule has 0 amide bonds. The first-order valence-electron chi connectivity index (χ1n) is 33.0. The van der Waals surface area contributed by atoms with Crippen LogP contribution in [0.5, 0.6) is 23.0 Å². The number of aryl methyl sites for hydroxylation is 3. The van der Waals surface area contributed by atoms with Crippen molar-refractivity contribution in [2.24, 2.45) is 40.9 Å². The van der Waals surface area contributed by atoms with Gasteiger partial charge in [-0.25, -0.2) is 0 Å². The van der Waals surface area contributed by atoms with Gasteiger partial charge in [0.1, 0.15) is 17.3 Å². The standard InChI is InChI=1S/C76H92N4O9/c1-5-11-63-54-34-57(76(29-8-9-30-76)56-28-31-78-72(39-56)80-58-25-22-50-20-21-53(73(86)67(50)40-58)36-61(82)45-77-43-47(3)55-35-59(79-44-55)41-69(63)84)33-51-23-26-64(62-15-7-6-13-49(62)19-17-46(2)16-18-48-12-10-14-60(81)32-48)65-42-70(85)71(89-4)38-52(65)24-27-68(83)75(88)74(87)66(51)37-54/h6-7,10,12-15,20-22,25,28,32,35,38-40,42,44,46-47,51,54,57,61,63-64,66,69,75,77-82,84-86,88H,5,8-9,11,16-19,24,27,29-31,33-34,36-37,41,43,45H2,1-4H3. The van der Waals surface area contributed by atoms with Crippen LogP contribution in [0.1, 0.15) is 154 Å². The summed E-state index contributed by atoms with van der Waals surface area (Å²) < 4.78 is 5.69. The summed E-state index contributed by atoms with van der Waals surface area (Å²) in [6, 6.07) is 31.4. The predicted octanol–water partition coefficient (Wildman–Crippen LogP) is 12.4. The summed E-state index contributed by atoms with van der Waals surface area (Å²) in [5.41, 5.74) is 9.02. The van der Waals surface area contributed by atoms with Crippen molar-refractivity contribution in [2.45, 2.75) is 160 Å². The lowest BCUT2D eigenvalue weighted by molar-refractivity contribution is -0.142. The molecule has 3 heterocycles. The Morgan fingerprint density at radius 1 is 0.809 bits per heavy atom. The van der Waals surface area contributed by atoms with E-state index in [1.807, 2.05) is 54.7 Å². The molecule has 5 aromatic carbocycles. The Morgan fingerprint density at radius 3 is 2.43 bits per heavy atom. The van der Waals surface area contributed by atoms with Crippen molar-refractivity contribution in [3.63, 3.8) is 0 Å². The van der Waals surface area contributed by atoms with Crippen LogP contribution in [-0.4, -0.2) is 92.2 Å². The molecule has 89 heavy (non-hydrogen) atoms. The molecule has 10 N–H and O–H groups in total. The minimum absolute atomic E-state index is 0.0276. The van der Waals surface area contributed by atoms with Crippen LogP contribution in [0.2, 0.25) is 0 Å². The number of aromatic hydroxyl groups is 3. The second kappa shape index (κ2) is 28.2. The van der Waals surface area contributed by atoms with Gasteiger partial charge in [-0.15, -0.1) is 0 Å². The van der Waals surface area contributed by atoms with Crippen molar-refractivity contribution in [1.82, 2.24) is 15.6 Å². The first-order chi connectivity index (χ1) is 43.1. The summed E-state index contributed by atoms with van der Waals surface area (Å²) in [6.45, 7) is 8.07. The van der Waals surface area contributed by atoms with Crippen molar-refractivity contribution in [2.75, 3.05) is 32.1 Å². The molecule has 11 atom stereocenters. The van der Waals surface area contributed by atoms with Crippen molar-refractivity contribution in [3.05, 3.63) is 171 Å². The number of H-pyrrole nitrogens is 1. The number of carbonyl (C=O) groups is 2. The fraction of sp³-hybridized carbons (Fsp3) is 0.474. The molecule has 6 aromatic rings. The SMILES string of the molecule is CCCC1C(O)Cc2cc(c[nH]2)C(C)CNCC(O)Cc2ccc3ccc(cc3c2O)NC2=CC(=CCN2)C2(CCCC2)C2CC3C#CC(c4ccccc4CCC(C)CCc4cccc(O)c4)c4cc(O)c(OC)cc4CCC(=O)C(O)C(=O)C3CC1C2. The Kier molecular flexibility index (Phi) is 20.1. The highest BCUT2D eigenvalue weighted by Gasteiger charge is 2.51. The number of aromatic amines is 1. The third-order valence-corrected chi connectivity index (χ3v) is 20.9. The topological polar surface area (TPSA) is 217 Å². The van der Waals surface area contributed by atoms with Gasteiger partial charge in [-0.05, 0) is 204 Å². The van der Waals surface area contributed by atoms with Gasteiger partial charge in [0, 0.05) is 73.7 Å². The number of anilines is 1. The van der Waals surface area contributed by atoms with E-state index in [1.165, 1.54) is 12.7 Å². The Hall–Kier alpha value is -7.34. The number of hydrogen-bond acceptors (Lipinski definition) is 12. The predicted molar refractivity (Wildman–Crippen MR) is 351 cm³/mol. The fourth-order valence-corrected chi connectivity index (χ4v) is 15.9. The molecule has 13 heteroatoms. The van der Waals surface area contributed by atoms with Crippen molar-refractivity contribution >= 4 is 28.0 Å². The first kappa shape index (κ1) is 63.2. The molecule has 0 radical (unpaired) electrons. The summed E-state index contributed by atoms with van der Waals surface area (Å²) >= 11 is 0. The lowest BCUT2D eigenvalue weighted by atomic mass is 9.62. The Balaban J connectivity index is 1.03. The van der Waals surface area contributed by atoms with E-state index in [2.05, 4.69) is 96.0 Å². The Labute approximate surface area is 525 Å². The summed E-state index contributed by atoms with van der Waals surface area (Å²) in [4.78, 5) is 33.7. The quantitative estimate of drug-likeness (QED) is 0.0458. The van der Waals surface area contributed by atoms with E-state index in [1.54, 1.807) is 18.2 Å². The zero-order valence-electron chi connectivity index (χ0n) is 52.4. The highest BCUT2D eigenvalue weighted by Crippen LogP contribution is 2.58. The number of carbonyl (C=O) groups excluding carboxylic acids is 2. The molecular weight excluding hydrogens is 1110 g/mol. The van der Waals surface area contributed by atoms with Crippen molar-refractivity contribution < 1.29 is 45.0 Å². The number of β-amino-alcohol motifs (C(OH)–C–C–N with tert-alkyl or cyclic N) is 1. The number of benzene rings is 5. The normalized spacial score (nSPS) is 26.3. The van der Waals surface area contributed by atoms with Gasteiger partial charge in [-0.2, -0.15) is 0 Å². The van der Waals surface area contributed by atoms with Gasteiger partial charge in [0.15, 0.2) is 29.2 Å². The number of aliphatic hydroxyl groups is 3. The number of fused-ring (bicyclic) bond motifs is 11. The summed E-state index contributed by atoms with van der Waals surface area (Å²) in [5.74, 6) is 6.11. The highest BCUT2D eigenvalue weighted by molar-refractivity contribution is 6.06. The van der Waals surface area contributed by atoms with E-state index in [-0.39, 0.29) is 71.3 Å². The van der Waals surface area contributed by atoms with Crippen LogP contribution < -0.4 is 20.7 Å². The van der Waals surface area contributed by atoms with Gasteiger partial charge >= 0.3 is 0 Å². The number of methoxy groups -OCH3 is 1. The molecular formula is C76H92N4O9. The number of ether oxygens (including phenoxy) is 1. The van der Waals surface area contributed by atoms with Crippen molar-refractivity contribution in [1.29, 1.82) is 0 Å². The number of rotatable bonds is 10. The van der Waals surface area contributed by atoms with Gasteiger partial charge in [-0.3, -0.25) is 9.59 Å². The van der Waals surface area contributed by atoms with Crippen LogP contribution in [0.25, 0.3) is 10.8 Å². The minimum atomic E-state index is -1.87. The number of phenols is 3. The smallest absolute Gasteiger partial charge is 0.173 e. The number of nitrogens with one attached hydrogen (secondary N) is 4. The fourth-order valence-electron chi connectivity index (χ4n) is 15.9. The van der Waals surface area contributed by atoms with Crippen LogP contribution >= 0.6 is 0 Å². The minimum Gasteiger partial charge on any atom is -0.508 e. The molecule has 2 fully saturated rings. The molecule has 1 aromatic heterocycles. The van der Waals surface area contributed by atoms with E-state index >= 15 is 4.79 Å². The molecule has 1 spiro atoms. The third-order valence-electron chi connectivity index (χ3n) is 20.9. The van der Waals surface area contributed by atoms with Gasteiger partial charge in [0.05, 0.1) is 25.2 Å². The van der Waals surface area contributed by atoms with Crippen LogP contribution in [0.4, 0.5) is 5.69 Å². The van der Waals surface area contributed by atoms with E-state index in [0.717, 1.165) is 114 Å². The highest BCUT2D eigenvalue weighted by atomic mass is 16.5. The Bertz CT molecular complexity index is 3620. The molecule has 2 saturated carbocycles. The van der Waals surface area contributed by atoms with Crippen LogP contribution in [0.15, 0.2) is 127 Å². The molecule has 11 unspecified atom stereocenters. The number of phenolic OH excluding ortho intramolecular Hbond substituents is 3. The van der Waals surface area contributed by atoms with Crippen LogP contribution in [-0.2, 0) is 41.7 Å². The Morgan fingerprint density at radius 2 is 1.62 bits per heavy atom. The molecule has 0 saturated heterocycles. The van der Waals surface area contributed by atoms with Crippen LogP contribution in [0, 0.1) is 52.8 Å². The number of aromatic nitrogens is 1. The molecule has 2 aliphatic heterocycles. The van der Waals surface area contributed by atoms with Crippen molar-refractivity contribution in [3.8, 4) is 34.8 Å². The molecule has 5 aliphatic rings. The maximum Gasteiger partial charge on any atom is 0.173 e. The number of dihydropyridines is 1. The molecule has 470 valence electrons. The van der Waals surface area contributed by atoms with E-state index < -0.39 is 47.6 Å². The number of aliphatic hydroxyl groups excluding tert-OH is 3. The number of Topliss-reactive ketones (excluding diaryl/α,β-unsaturated/α-hetero) is 2. The summed E-state index contributed by atoms with van der Waals surface area (Å²) in [5, 5.41) is 82.3. The van der Waals surface area contributed by atoms with E-state index in [4.69, 9.17) is 4.74 Å². The molecule has 9 bridgehead atoms. The molecule has 13 nitrogen and oxygen atoms in total. The van der Waals surface area contributed by atoms with Gasteiger partial charge in [-0.1, -0.05) is 113 Å². The average molecular weight is 1210 g/mol. The molecule has 3 aliphatic carbocycles. The van der Waals surface area contributed by atoms with E-state index in [0.29, 0.717) is 68.6 Å². The zero-order chi connectivity index (χ0) is 62.3. The lowest BCUT2D eigenvalue weighted by Gasteiger charge is -2.43. The second-order valence-corrected chi connectivity index (χ2v) is 26.8. The lowest BCUT2D eigenvalue weighted by Crippen LogP contribution is -2.40. The number of allylic oxidation sites excluding steroid dienone is 2. The first-order valence-corrected chi connectivity index (χ1v) is 33.0. The average Bonchev–Trinajstić information content (AvgIpc) is 2.00. The zero-order valence-corrected chi connectivity index (χ0v) is 52.4. The molecule has 11 rings (SSSR count). The van der Waals surface area contributed by atoms with E-state index in [9.17, 15) is 35.4 Å². The maximum atomic E-state index is 15.6. The second-order valence-electron chi connectivity index (χ2n) is 26.8. The number of hydrogen-bond donors (Lipinski definition) is 10. The van der Waals surface area contributed by atoms with Gasteiger partial charge in [0.2, 0.25) is 0 Å².